The first-order valence-electron chi connectivity index (χ1n) is 11.3. The van der Waals surface area contributed by atoms with Gasteiger partial charge in [0.1, 0.15) is 4.90 Å². The average molecular weight is 510 g/mol. The Morgan fingerprint density at radius 2 is 1.77 bits per heavy atom. The molecular formula is C24H24ClN7O2S. The molecule has 9 nitrogen and oxygen atoms in total. The lowest BCUT2D eigenvalue weighted by Crippen LogP contribution is -2.33. The van der Waals surface area contributed by atoms with Crippen LogP contribution in [0.3, 0.4) is 0 Å². The summed E-state index contributed by atoms with van der Waals surface area (Å²) in [5, 5.41) is 12.6. The molecule has 1 aliphatic rings. The van der Waals surface area contributed by atoms with Gasteiger partial charge in [-0.2, -0.15) is 0 Å². The SMILES string of the molecule is N[C@H]1CC[C@H](Nc2ncc3cc(-c4ccc(NS(=O)(=O)c5ccccc5Cl)nn4)ccc3n2)CC1. The Morgan fingerprint density at radius 3 is 2.51 bits per heavy atom. The van der Waals surface area contributed by atoms with Crippen molar-refractivity contribution in [1.29, 1.82) is 0 Å². The smallest absolute Gasteiger partial charge is 0.264 e. The number of sulfonamides is 1. The predicted octanol–water partition coefficient (Wildman–Crippen LogP) is 4.22. The van der Waals surface area contributed by atoms with Gasteiger partial charge in [0.2, 0.25) is 5.95 Å². The van der Waals surface area contributed by atoms with E-state index in [-0.39, 0.29) is 15.7 Å². The van der Waals surface area contributed by atoms with Crippen LogP contribution in [0.1, 0.15) is 25.7 Å². The van der Waals surface area contributed by atoms with Crippen LogP contribution in [0.5, 0.6) is 0 Å². The number of nitrogens with one attached hydrogen (secondary N) is 2. The molecule has 180 valence electrons. The molecule has 4 aromatic rings. The molecule has 1 saturated carbocycles. The Bertz CT molecular complexity index is 1460. The minimum absolute atomic E-state index is 0.0250. The van der Waals surface area contributed by atoms with E-state index >= 15 is 0 Å². The van der Waals surface area contributed by atoms with Crippen molar-refractivity contribution in [3.63, 3.8) is 0 Å². The van der Waals surface area contributed by atoms with E-state index in [2.05, 4.69) is 30.2 Å². The largest absolute Gasteiger partial charge is 0.351 e. The molecule has 0 saturated heterocycles. The highest BCUT2D eigenvalue weighted by Crippen LogP contribution is 2.26. The first kappa shape index (κ1) is 23.4. The summed E-state index contributed by atoms with van der Waals surface area (Å²) in [5.74, 6) is 0.706. The summed E-state index contributed by atoms with van der Waals surface area (Å²) in [5.41, 5.74) is 8.21. The molecule has 0 spiro atoms. The normalized spacial score (nSPS) is 18.3. The van der Waals surface area contributed by atoms with Crippen LogP contribution in [0.2, 0.25) is 5.02 Å². The van der Waals surface area contributed by atoms with Gasteiger partial charge in [-0.1, -0.05) is 29.8 Å². The lowest BCUT2D eigenvalue weighted by atomic mass is 9.92. The quantitative estimate of drug-likeness (QED) is 0.351. The number of nitrogens with zero attached hydrogens (tertiary/aromatic N) is 4. The molecule has 4 N–H and O–H groups in total. The summed E-state index contributed by atoms with van der Waals surface area (Å²) >= 11 is 6.02. The van der Waals surface area contributed by atoms with Gasteiger partial charge in [-0.05, 0) is 62.1 Å². The van der Waals surface area contributed by atoms with Crippen molar-refractivity contribution in [3.8, 4) is 11.3 Å². The lowest BCUT2D eigenvalue weighted by molar-refractivity contribution is 0.410. The van der Waals surface area contributed by atoms with Crippen molar-refractivity contribution >= 4 is 44.3 Å². The average Bonchev–Trinajstić information content (AvgIpc) is 2.85. The van der Waals surface area contributed by atoms with Crippen molar-refractivity contribution in [1.82, 2.24) is 20.2 Å². The summed E-state index contributed by atoms with van der Waals surface area (Å²) < 4.78 is 27.6. The van der Waals surface area contributed by atoms with E-state index in [1.165, 1.54) is 12.1 Å². The maximum absolute atomic E-state index is 12.6. The van der Waals surface area contributed by atoms with Gasteiger partial charge in [0.15, 0.2) is 5.82 Å². The molecule has 5 rings (SSSR count). The second-order valence-corrected chi connectivity index (χ2v) is 10.6. The van der Waals surface area contributed by atoms with E-state index in [0.717, 1.165) is 42.1 Å². The summed E-state index contributed by atoms with van der Waals surface area (Å²) in [6.45, 7) is 0. The maximum Gasteiger partial charge on any atom is 0.264 e. The molecule has 2 aromatic carbocycles. The van der Waals surface area contributed by atoms with Crippen LogP contribution in [0, 0.1) is 0 Å². The number of halogens is 1. The van der Waals surface area contributed by atoms with Gasteiger partial charge < -0.3 is 11.1 Å². The fraction of sp³-hybridized carbons (Fsp3) is 0.250. The Kier molecular flexibility index (Phi) is 6.50. The topological polar surface area (TPSA) is 136 Å². The van der Waals surface area contributed by atoms with Gasteiger partial charge in [-0.3, -0.25) is 4.72 Å². The molecule has 1 fully saturated rings. The molecule has 11 heteroatoms. The minimum atomic E-state index is -3.88. The second-order valence-electron chi connectivity index (χ2n) is 8.56. The van der Waals surface area contributed by atoms with E-state index in [4.69, 9.17) is 17.3 Å². The van der Waals surface area contributed by atoms with Crippen LogP contribution < -0.4 is 15.8 Å². The Hall–Kier alpha value is -3.34. The van der Waals surface area contributed by atoms with Crippen LogP contribution in [0.15, 0.2) is 65.7 Å². The van der Waals surface area contributed by atoms with Crippen LogP contribution in [0.4, 0.5) is 11.8 Å². The number of fused-ring (bicyclic) bond motifs is 1. The van der Waals surface area contributed by atoms with E-state index in [0.29, 0.717) is 23.7 Å². The first-order valence-corrected chi connectivity index (χ1v) is 13.1. The Balaban J connectivity index is 1.30. The maximum atomic E-state index is 12.6. The highest BCUT2D eigenvalue weighted by Gasteiger charge is 2.20. The van der Waals surface area contributed by atoms with Gasteiger partial charge in [0.05, 0.1) is 16.2 Å². The fourth-order valence-electron chi connectivity index (χ4n) is 4.10. The second kappa shape index (κ2) is 9.73. The fourth-order valence-corrected chi connectivity index (χ4v) is 5.62. The van der Waals surface area contributed by atoms with Crippen molar-refractivity contribution < 1.29 is 8.42 Å². The molecule has 0 unspecified atom stereocenters. The standard InChI is InChI=1S/C24H24ClN7O2S/c25-19-3-1-2-4-22(19)35(33,34)32-23-12-11-21(30-31-23)15-5-10-20-16(13-15)14-27-24(29-20)28-18-8-6-17(26)7-9-18/h1-5,10-14,17-18H,6-9,26H2,(H,31,32)(H,27,28,29)/t17-,18-. The predicted molar refractivity (Wildman–Crippen MR) is 137 cm³/mol. The highest BCUT2D eigenvalue weighted by molar-refractivity contribution is 7.92. The van der Waals surface area contributed by atoms with E-state index < -0.39 is 10.0 Å². The number of hydrogen-bond acceptors (Lipinski definition) is 8. The number of benzene rings is 2. The summed E-state index contributed by atoms with van der Waals surface area (Å²) in [6, 6.07) is 15.8. The minimum Gasteiger partial charge on any atom is -0.351 e. The zero-order valence-electron chi connectivity index (χ0n) is 18.7. The molecule has 0 radical (unpaired) electrons. The number of nitrogens with two attached hydrogens (primary N) is 1. The molecule has 0 aliphatic heterocycles. The van der Waals surface area contributed by atoms with Gasteiger partial charge in [0.25, 0.3) is 10.0 Å². The van der Waals surface area contributed by atoms with Gasteiger partial charge in [0, 0.05) is 29.2 Å². The van der Waals surface area contributed by atoms with Gasteiger partial charge in [-0.15, -0.1) is 10.2 Å². The highest BCUT2D eigenvalue weighted by atomic mass is 35.5. The number of hydrogen-bond donors (Lipinski definition) is 3. The summed E-state index contributed by atoms with van der Waals surface area (Å²) in [4.78, 5) is 9.08. The van der Waals surface area contributed by atoms with Crippen LogP contribution in [0.25, 0.3) is 22.2 Å². The number of rotatable bonds is 6. The molecular weight excluding hydrogens is 486 g/mol. The molecule has 35 heavy (non-hydrogen) atoms. The molecule has 2 aromatic heterocycles. The zero-order chi connectivity index (χ0) is 24.4. The third kappa shape index (κ3) is 5.34. The third-order valence-corrected chi connectivity index (χ3v) is 7.86. The lowest BCUT2D eigenvalue weighted by Gasteiger charge is -2.26. The number of anilines is 2. The van der Waals surface area contributed by atoms with Gasteiger partial charge >= 0.3 is 0 Å². The summed E-state index contributed by atoms with van der Waals surface area (Å²) in [7, 11) is -3.88. The number of aromatic nitrogens is 4. The summed E-state index contributed by atoms with van der Waals surface area (Å²) in [6.07, 6.45) is 5.84. The monoisotopic (exact) mass is 509 g/mol. The van der Waals surface area contributed by atoms with Crippen LogP contribution in [-0.2, 0) is 10.0 Å². The Labute approximate surface area is 208 Å². The van der Waals surface area contributed by atoms with E-state index in [9.17, 15) is 8.42 Å². The van der Waals surface area contributed by atoms with E-state index in [1.807, 2.05) is 18.2 Å². The van der Waals surface area contributed by atoms with E-state index in [1.54, 1.807) is 30.5 Å². The van der Waals surface area contributed by atoms with Gasteiger partial charge in [-0.25, -0.2) is 18.4 Å². The van der Waals surface area contributed by atoms with Crippen LogP contribution >= 0.6 is 11.6 Å². The van der Waals surface area contributed by atoms with Crippen LogP contribution in [-0.4, -0.2) is 40.7 Å². The van der Waals surface area contributed by atoms with Crippen molar-refractivity contribution in [2.45, 2.75) is 42.7 Å². The third-order valence-electron chi connectivity index (χ3n) is 6.01. The zero-order valence-corrected chi connectivity index (χ0v) is 20.3. The molecule has 0 bridgehead atoms. The molecule has 2 heterocycles. The van der Waals surface area contributed by atoms with Crippen molar-refractivity contribution in [2.75, 3.05) is 10.0 Å². The van der Waals surface area contributed by atoms with Crippen molar-refractivity contribution in [3.05, 3.63) is 65.8 Å². The van der Waals surface area contributed by atoms with Crippen molar-refractivity contribution in [2.24, 2.45) is 5.73 Å². The first-order chi connectivity index (χ1) is 16.9. The molecule has 1 aliphatic carbocycles. The molecule has 0 atom stereocenters. The Morgan fingerprint density at radius 1 is 0.971 bits per heavy atom. The molecule has 0 amide bonds.